The highest BCUT2D eigenvalue weighted by molar-refractivity contribution is 6.17. The molecule has 65 heavy (non-hydrogen) atoms. The fourth-order valence-corrected chi connectivity index (χ4v) is 11.1. The zero-order chi connectivity index (χ0) is 42.8. The average molecular weight is 838 g/mol. The van der Waals surface area contributed by atoms with E-state index in [1.807, 2.05) is 0 Å². The molecule has 3 atom stereocenters. The van der Waals surface area contributed by atoms with Gasteiger partial charge in [-0.05, 0) is 142 Å². The molecule has 0 saturated heterocycles. The van der Waals surface area contributed by atoms with Crippen molar-refractivity contribution in [2.75, 3.05) is 4.90 Å². The molecule has 0 saturated carbocycles. The summed E-state index contributed by atoms with van der Waals surface area (Å²) in [4.78, 5) is 2.43. The molecule has 3 nitrogen and oxygen atoms in total. The number of furan rings is 1. The number of ether oxygens (including phenoxy) is 1. The van der Waals surface area contributed by atoms with Crippen molar-refractivity contribution in [2.45, 2.75) is 50.0 Å². The molecule has 0 spiro atoms. The number of benzene rings is 7. The van der Waals surface area contributed by atoms with Gasteiger partial charge in [0.05, 0.1) is 11.1 Å². The first-order valence-electron chi connectivity index (χ1n) is 23.3. The number of rotatable bonds is 7. The molecular weight excluding hydrogens is 791 g/mol. The molecule has 0 bridgehead atoms. The second-order valence-electron chi connectivity index (χ2n) is 18.1. The molecule has 0 N–H and O–H groups in total. The van der Waals surface area contributed by atoms with Crippen LogP contribution < -0.4 is 9.64 Å². The molecule has 3 heteroatoms. The Morgan fingerprint density at radius 2 is 1.26 bits per heavy atom. The van der Waals surface area contributed by atoms with Gasteiger partial charge in [0.2, 0.25) is 0 Å². The predicted molar refractivity (Wildman–Crippen MR) is 268 cm³/mol. The molecule has 0 radical (unpaired) electrons. The minimum absolute atomic E-state index is 0.127. The van der Waals surface area contributed by atoms with Crippen molar-refractivity contribution >= 4 is 33.3 Å². The Kier molecular flexibility index (Phi) is 9.08. The van der Waals surface area contributed by atoms with E-state index in [0.717, 1.165) is 91.8 Å². The van der Waals surface area contributed by atoms with Gasteiger partial charge in [0.25, 0.3) is 0 Å². The van der Waals surface area contributed by atoms with Crippen LogP contribution in [0.3, 0.4) is 0 Å². The minimum atomic E-state index is -0.148. The Hall–Kier alpha value is -7.62. The first-order chi connectivity index (χ1) is 32.2. The second kappa shape index (κ2) is 15.6. The van der Waals surface area contributed by atoms with Crippen LogP contribution in [0, 0.1) is 0 Å². The van der Waals surface area contributed by atoms with Gasteiger partial charge in [-0.2, -0.15) is 0 Å². The van der Waals surface area contributed by atoms with E-state index in [9.17, 15) is 0 Å². The SMILES string of the molecule is C1=CC2=C(CC1)C1=C(C=CC(c3ccc(N(C4=CC5Oc6cc(-c7ccccc7)ccc6C5C=C4)c4ccc(-c5ccccc5)c5oc6cc(-c7ccccc7)ccc6c45)cc3)C1)CC2. The smallest absolute Gasteiger partial charge is 0.145 e. The Morgan fingerprint density at radius 3 is 2.03 bits per heavy atom. The van der Waals surface area contributed by atoms with Crippen LogP contribution in [0.1, 0.15) is 55.1 Å². The lowest BCUT2D eigenvalue weighted by Crippen LogP contribution is -2.24. The first-order valence-corrected chi connectivity index (χ1v) is 23.3. The maximum Gasteiger partial charge on any atom is 0.145 e. The summed E-state index contributed by atoms with van der Waals surface area (Å²) in [5.41, 5.74) is 20.7. The van der Waals surface area contributed by atoms with E-state index in [1.54, 1.807) is 22.3 Å². The number of hydrogen-bond donors (Lipinski definition) is 0. The molecule has 5 aliphatic rings. The highest BCUT2D eigenvalue weighted by Gasteiger charge is 2.36. The van der Waals surface area contributed by atoms with Crippen molar-refractivity contribution in [1.82, 2.24) is 0 Å². The molecule has 7 aromatic carbocycles. The molecule has 1 aromatic heterocycles. The van der Waals surface area contributed by atoms with Crippen molar-refractivity contribution < 1.29 is 9.15 Å². The lowest BCUT2D eigenvalue weighted by Gasteiger charge is -2.32. The predicted octanol–water partition coefficient (Wildman–Crippen LogP) is 16.5. The van der Waals surface area contributed by atoms with Gasteiger partial charge in [0, 0.05) is 39.7 Å². The standard InChI is InChI=1S/C62H47NO2/c1-4-12-40(13-5-1)47-26-31-53-54-33-30-50(39-60(54)64-58(53)37-47)63(49-28-24-42(25-29-49)46-23-22-45-21-20-44-18-10-11-19-51(44)56(45)36-46)57-35-34-52(43-16-8-3-9-17-43)62-61(57)55-32-27-48(38-59(55)65-62)41-14-6-2-7-15-41/h1-10,12-18,22-35,37-39,46,54,60H,11,19-21,36H2. The summed E-state index contributed by atoms with van der Waals surface area (Å²) in [6.07, 6.45) is 22.2. The van der Waals surface area contributed by atoms with Crippen LogP contribution in [-0.2, 0) is 0 Å². The summed E-state index contributed by atoms with van der Waals surface area (Å²) >= 11 is 0. The van der Waals surface area contributed by atoms with Gasteiger partial charge >= 0.3 is 0 Å². The lowest BCUT2D eigenvalue weighted by atomic mass is 9.74. The maximum atomic E-state index is 7.04. The van der Waals surface area contributed by atoms with Crippen molar-refractivity contribution in [2.24, 2.45) is 0 Å². The van der Waals surface area contributed by atoms with Crippen LogP contribution in [0.25, 0.3) is 55.3 Å². The van der Waals surface area contributed by atoms with Crippen LogP contribution in [-0.4, -0.2) is 6.10 Å². The molecule has 1 aliphatic heterocycles. The van der Waals surface area contributed by atoms with Crippen molar-refractivity contribution in [3.8, 4) is 39.1 Å². The molecule has 0 fully saturated rings. The number of allylic oxidation sites excluding steroid dienone is 9. The van der Waals surface area contributed by atoms with Crippen molar-refractivity contribution in [1.29, 1.82) is 0 Å². The van der Waals surface area contributed by atoms with E-state index >= 15 is 0 Å². The van der Waals surface area contributed by atoms with E-state index in [0.29, 0.717) is 5.92 Å². The quantitative estimate of drug-likeness (QED) is 0.160. The van der Waals surface area contributed by atoms with Crippen LogP contribution in [0.2, 0.25) is 0 Å². The van der Waals surface area contributed by atoms with Crippen molar-refractivity contribution in [3.63, 3.8) is 0 Å². The van der Waals surface area contributed by atoms with E-state index in [2.05, 4.69) is 211 Å². The zero-order valence-corrected chi connectivity index (χ0v) is 36.2. The highest BCUT2D eigenvalue weighted by atomic mass is 16.5. The Labute approximate surface area is 380 Å². The van der Waals surface area contributed by atoms with Crippen LogP contribution in [0.15, 0.2) is 239 Å². The number of hydrogen-bond acceptors (Lipinski definition) is 3. The van der Waals surface area contributed by atoms with Gasteiger partial charge in [-0.3, -0.25) is 0 Å². The summed E-state index contributed by atoms with van der Waals surface area (Å²) in [5.74, 6) is 1.41. The third-order valence-electron chi connectivity index (χ3n) is 14.4. The van der Waals surface area contributed by atoms with E-state index in [1.165, 1.54) is 29.5 Å². The number of fused-ring (bicyclic) bond motifs is 7. The number of nitrogens with zero attached hydrogens (tertiary/aromatic N) is 1. The summed E-state index contributed by atoms with van der Waals surface area (Å²) in [7, 11) is 0. The zero-order valence-electron chi connectivity index (χ0n) is 36.2. The maximum absolute atomic E-state index is 7.04. The molecule has 4 aliphatic carbocycles. The third-order valence-corrected chi connectivity index (χ3v) is 14.4. The second-order valence-corrected chi connectivity index (χ2v) is 18.1. The van der Waals surface area contributed by atoms with Gasteiger partial charge < -0.3 is 14.1 Å². The molecule has 8 aromatic rings. The van der Waals surface area contributed by atoms with E-state index in [-0.39, 0.29) is 12.0 Å². The minimum Gasteiger partial charge on any atom is -0.485 e. The normalized spacial score (nSPS) is 19.4. The largest absolute Gasteiger partial charge is 0.485 e. The Morgan fingerprint density at radius 1 is 0.554 bits per heavy atom. The summed E-state index contributed by atoms with van der Waals surface area (Å²) < 4.78 is 13.9. The summed E-state index contributed by atoms with van der Waals surface area (Å²) in [6, 6.07) is 59.0. The van der Waals surface area contributed by atoms with Crippen molar-refractivity contribution in [3.05, 3.63) is 245 Å². The van der Waals surface area contributed by atoms with Crippen LogP contribution in [0.5, 0.6) is 5.75 Å². The Balaban J connectivity index is 0.939. The van der Waals surface area contributed by atoms with Gasteiger partial charge in [0.1, 0.15) is 23.0 Å². The third kappa shape index (κ3) is 6.56. The Bertz CT molecular complexity index is 3360. The van der Waals surface area contributed by atoms with Gasteiger partial charge in [0.15, 0.2) is 0 Å². The van der Waals surface area contributed by atoms with Crippen LogP contribution >= 0.6 is 0 Å². The lowest BCUT2D eigenvalue weighted by molar-refractivity contribution is 0.268. The van der Waals surface area contributed by atoms with Gasteiger partial charge in [-0.1, -0.05) is 152 Å². The number of anilines is 2. The van der Waals surface area contributed by atoms with Gasteiger partial charge in [-0.15, -0.1) is 0 Å². The first kappa shape index (κ1) is 37.9. The fraction of sp³-hybridized carbons (Fsp3) is 0.129. The fourth-order valence-electron chi connectivity index (χ4n) is 11.1. The molecule has 2 heterocycles. The molecule has 13 rings (SSSR count). The highest BCUT2D eigenvalue weighted by Crippen LogP contribution is 2.50. The van der Waals surface area contributed by atoms with E-state index < -0.39 is 0 Å². The summed E-state index contributed by atoms with van der Waals surface area (Å²) in [6.45, 7) is 0. The topological polar surface area (TPSA) is 25.6 Å². The summed E-state index contributed by atoms with van der Waals surface area (Å²) in [5, 5.41) is 2.17. The van der Waals surface area contributed by atoms with Crippen LogP contribution in [0.4, 0.5) is 11.4 Å². The molecule has 312 valence electrons. The van der Waals surface area contributed by atoms with Gasteiger partial charge in [-0.25, -0.2) is 0 Å². The van der Waals surface area contributed by atoms with E-state index in [4.69, 9.17) is 9.15 Å². The average Bonchev–Trinajstić information content (AvgIpc) is 3.95. The molecule has 3 unspecified atom stereocenters. The monoisotopic (exact) mass is 837 g/mol. The molecular formula is C62H47NO2. The molecule has 0 amide bonds.